The standard InChI is InChI=1S/C41H51IN6O7/c1-25(2)22-31(45-39(52)34-15-11-21-48(34)40(53)35(26(3)4)47-36(49)30-14-9-10-20-43-30)37(50)44-32(23-27-12-7-6-8-13-27)38(51)46-33(41(54)55-5)24-28-16-18-29(42)19-17-28/h6-10,12-14,16-20,25-26,31-35H,11,15,21-24H2,1-5H3,(H,44,50)(H,45,52)(H,46,51)(H,47,49)/t31-,32-,33-,34-,35-/m0/s1. The zero-order valence-corrected chi connectivity index (χ0v) is 34.1. The van der Waals surface area contributed by atoms with Crippen molar-refractivity contribution in [2.24, 2.45) is 11.8 Å². The molecule has 2 aromatic carbocycles. The van der Waals surface area contributed by atoms with Crippen LogP contribution >= 0.6 is 22.6 Å². The van der Waals surface area contributed by atoms with Crippen molar-refractivity contribution >= 4 is 58.1 Å². The lowest BCUT2D eigenvalue weighted by Crippen LogP contribution is -2.59. The number of nitrogens with one attached hydrogen (secondary N) is 4. The molecule has 3 aromatic rings. The van der Waals surface area contributed by atoms with Crippen molar-refractivity contribution < 1.29 is 33.5 Å². The van der Waals surface area contributed by atoms with Gasteiger partial charge in [-0.15, -0.1) is 0 Å². The van der Waals surface area contributed by atoms with Crippen molar-refractivity contribution in [3.63, 3.8) is 0 Å². The Labute approximate surface area is 336 Å². The number of halogens is 1. The molecule has 4 rings (SSSR count). The topological polar surface area (TPSA) is 176 Å². The van der Waals surface area contributed by atoms with Crippen LogP contribution in [0, 0.1) is 15.4 Å². The number of nitrogens with zero attached hydrogens (tertiary/aromatic N) is 2. The fraction of sp³-hybridized carbons (Fsp3) is 0.439. The Balaban J connectivity index is 1.51. The van der Waals surface area contributed by atoms with Crippen LogP contribution in [0.15, 0.2) is 79.0 Å². The Hall–Kier alpha value is -4.86. The summed E-state index contributed by atoms with van der Waals surface area (Å²) < 4.78 is 6.03. The summed E-state index contributed by atoms with van der Waals surface area (Å²) in [6.07, 6.45) is 2.98. The summed E-state index contributed by atoms with van der Waals surface area (Å²) in [5.41, 5.74) is 1.76. The molecule has 1 saturated heterocycles. The van der Waals surface area contributed by atoms with Crippen LogP contribution in [0.1, 0.15) is 68.6 Å². The van der Waals surface area contributed by atoms with E-state index in [0.717, 1.165) is 14.7 Å². The third-order valence-corrected chi connectivity index (χ3v) is 10.1. The molecule has 0 aliphatic carbocycles. The summed E-state index contributed by atoms with van der Waals surface area (Å²) >= 11 is 2.18. The van der Waals surface area contributed by atoms with E-state index in [0.29, 0.717) is 19.4 Å². The molecule has 1 aliphatic rings. The van der Waals surface area contributed by atoms with E-state index in [1.54, 1.807) is 18.2 Å². The van der Waals surface area contributed by atoms with Crippen molar-refractivity contribution in [1.82, 2.24) is 31.2 Å². The minimum Gasteiger partial charge on any atom is -0.467 e. The lowest BCUT2D eigenvalue weighted by Gasteiger charge is -2.31. The van der Waals surface area contributed by atoms with Crippen molar-refractivity contribution in [3.8, 4) is 0 Å². The van der Waals surface area contributed by atoms with Crippen LogP contribution < -0.4 is 21.3 Å². The normalized spacial score (nSPS) is 16.1. The van der Waals surface area contributed by atoms with Crippen LogP contribution in [0.2, 0.25) is 0 Å². The van der Waals surface area contributed by atoms with Gasteiger partial charge >= 0.3 is 5.97 Å². The predicted octanol–water partition coefficient (Wildman–Crippen LogP) is 3.59. The average molecular weight is 867 g/mol. The second kappa shape index (κ2) is 20.7. The fourth-order valence-electron chi connectivity index (χ4n) is 6.47. The Morgan fingerprint density at radius 1 is 0.782 bits per heavy atom. The van der Waals surface area contributed by atoms with Gasteiger partial charge in [0.15, 0.2) is 0 Å². The first kappa shape index (κ1) is 42.9. The minimum absolute atomic E-state index is 0.0245. The number of carbonyl (C=O) groups is 6. The molecule has 2 heterocycles. The number of hydrogen-bond acceptors (Lipinski definition) is 8. The molecular weight excluding hydrogens is 815 g/mol. The van der Waals surface area contributed by atoms with Crippen LogP contribution in [0.25, 0.3) is 0 Å². The van der Waals surface area contributed by atoms with Crippen LogP contribution in [0.3, 0.4) is 0 Å². The molecule has 55 heavy (non-hydrogen) atoms. The number of pyridine rings is 1. The molecule has 0 unspecified atom stereocenters. The summed E-state index contributed by atoms with van der Waals surface area (Å²) in [6, 6.07) is 16.7. The summed E-state index contributed by atoms with van der Waals surface area (Å²) in [7, 11) is 1.25. The van der Waals surface area contributed by atoms with Crippen LogP contribution in [0.5, 0.6) is 0 Å². The van der Waals surface area contributed by atoms with E-state index in [9.17, 15) is 28.8 Å². The molecule has 0 radical (unpaired) electrons. The molecule has 13 nitrogen and oxygen atoms in total. The largest absolute Gasteiger partial charge is 0.467 e. The van der Waals surface area contributed by atoms with Gasteiger partial charge in [0.05, 0.1) is 7.11 Å². The van der Waals surface area contributed by atoms with Gasteiger partial charge in [-0.2, -0.15) is 0 Å². The van der Waals surface area contributed by atoms with E-state index >= 15 is 0 Å². The molecule has 5 amide bonds. The van der Waals surface area contributed by atoms with Crippen molar-refractivity contribution in [1.29, 1.82) is 0 Å². The number of likely N-dealkylation sites (tertiary alicyclic amines) is 1. The maximum Gasteiger partial charge on any atom is 0.328 e. The summed E-state index contributed by atoms with van der Waals surface area (Å²) in [5.74, 6) is -3.51. The number of methoxy groups -OCH3 is 1. The van der Waals surface area contributed by atoms with Crippen molar-refractivity contribution in [2.75, 3.05) is 13.7 Å². The van der Waals surface area contributed by atoms with E-state index < -0.39 is 65.7 Å². The predicted molar refractivity (Wildman–Crippen MR) is 215 cm³/mol. The molecule has 0 spiro atoms. The van der Waals surface area contributed by atoms with Gasteiger partial charge in [-0.25, -0.2) is 4.79 Å². The number of amides is 5. The monoisotopic (exact) mass is 866 g/mol. The summed E-state index contributed by atoms with van der Waals surface area (Å²) in [6.45, 7) is 7.76. The quantitative estimate of drug-likeness (QED) is 0.118. The zero-order valence-electron chi connectivity index (χ0n) is 31.9. The van der Waals surface area contributed by atoms with E-state index in [2.05, 4.69) is 48.8 Å². The third kappa shape index (κ3) is 12.6. The van der Waals surface area contributed by atoms with Crippen molar-refractivity contribution in [2.45, 2.75) is 90.0 Å². The maximum absolute atomic E-state index is 14.1. The molecule has 1 aliphatic heterocycles. The molecule has 4 N–H and O–H groups in total. The number of esters is 1. The van der Waals surface area contributed by atoms with Gasteiger partial charge in [0.25, 0.3) is 5.91 Å². The summed E-state index contributed by atoms with van der Waals surface area (Å²) in [4.78, 5) is 87.2. The zero-order chi connectivity index (χ0) is 40.1. The highest BCUT2D eigenvalue weighted by Gasteiger charge is 2.40. The van der Waals surface area contributed by atoms with E-state index in [1.165, 1.54) is 18.2 Å². The maximum atomic E-state index is 14.1. The van der Waals surface area contributed by atoms with Gasteiger partial charge in [0.2, 0.25) is 23.6 Å². The number of carbonyl (C=O) groups excluding carboxylic acids is 6. The van der Waals surface area contributed by atoms with Gasteiger partial charge in [-0.05, 0) is 89.1 Å². The van der Waals surface area contributed by atoms with Gasteiger partial charge in [-0.1, -0.05) is 76.2 Å². The SMILES string of the molecule is COC(=O)[C@H](Cc1ccc(I)cc1)NC(=O)[C@H](Cc1ccccc1)NC(=O)[C@H](CC(C)C)NC(=O)[C@@H]1CCCN1C(=O)[C@@H](NC(=O)c1ccccn1)C(C)C. The highest BCUT2D eigenvalue weighted by Crippen LogP contribution is 2.22. The lowest BCUT2D eigenvalue weighted by molar-refractivity contribution is -0.145. The Bertz CT molecular complexity index is 1770. The lowest BCUT2D eigenvalue weighted by atomic mass is 9.99. The first-order chi connectivity index (χ1) is 26.3. The number of ether oxygens (including phenoxy) is 1. The smallest absolute Gasteiger partial charge is 0.328 e. The highest BCUT2D eigenvalue weighted by molar-refractivity contribution is 14.1. The van der Waals surface area contributed by atoms with Crippen LogP contribution in [0.4, 0.5) is 0 Å². The second-order valence-corrected chi connectivity index (χ2v) is 15.7. The molecule has 1 aromatic heterocycles. The van der Waals surface area contributed by atoms with Crippen LogP contribution in [-0.2, 0) is 41.6 Å². The number of hydrogen-bond donors (Lipinski definition) is 4. The average Bonchev–Trinajstić information content (AvgIpc) is 3.67. The van der Waals surface area contributed by atoms with Gasteiger partial charge < -0.3 is 30.9 Å². The number of benzene rings is 2. The minimum atomic E-state index is -1.11. The van der Waals surface area contributed by atoms with Crippen LogP contribution in [-0.4, -0.2) is 89.3 Å². The molecule has 1 fully saturated rings. The molecular formula is C41H51IN6O7. The second-order valence-electron chi connectivity index (χ2n) is 14.5. The number of rotatable bonds is 17. The first-order valence-corrected chi connectivity index (χ1v) is 19.6. The molecule has 294 valence electrons. The van der Waals surface area contributed by atoms with Crippen molar-refractivity contribution in [3.05, 3.63) is 99.4 Å². The van der Waals surface area contributed by atoms with Gasteiger partial charge in [0, 0.05) is 29.2 Å². The Morgan fingerprint density at radius 3 is 2.02 bits per heavy atom. The first-order valence-electron chi connectivity index (χ1n) is 18.6. The van der Waals surface area contributed by atoms with Gasteiger partial charge in [0.1, 0.15) is 35.9 Å². The highest BCUT2D eigenvalue weighted by atomic mass is 127. The summed E-state index contributed by atoms with van der Waals surface area (Å²) in [5, 5.41) is 11.3. The Kier molecular flexibility index (Phi) is 16.2. The molecule has 0 bridgehead atoms. The number of aromatic nitrogens is 1. The molecule has 5 atom stereocenters. The fourth-order valence-corrected chi connectivity index (χ4v) is 6.83. The van der Waals surface area contributed by atoms with E-state index in [-0.39, 0.29) is 36.8 Å². The van der Waals surface area contributed by atoms with E-state index in [4.69, 9.17) is 4.74 Å². The third-order valence-electron chi connectivity index (χ3n) is 9.37. The molecule has 0 saturated carbocycles. The Morgan fingerprint density at radius 2 is 1.40 bits per heavy atom. The van der Waals surface area contributed by atoms with E-state index in [1.807, 2.05) is 82.3 Å². The molecule has 14 heteroatoms. The van der Waals surface area contributed by atoms with Gasteiger partial charge in [-0.3, -0.25) is 29.0 Å².